The second-order valence-corrected chi connectivity index (χ2v) is 9.87. The van der Waals surface area contributed by atoms with Gasteiger partial charge in [0.25, 0.3) is 0 Å². The Hall–Kier alpha value is -4.06. The summed E-state index contributed by atoms with van der Waals surface area (Å²) in [7, 11) is 0. The summed E-state index contributed by atoms with van der Waals surface area (Å²) < 4.78 is 28.6. The number of nitrogens with two attached hydrogens (primary N) is 1. The molecule has 8 nitrogen and oxygen atoms in total. The fourth-order valence-electron chi connectivity index (χ4n) is 4.39. The maximum atomic E-state index is 12.9. The predicted molar refractivity (Wildman–Crippen MR) is 156 cm³/mol. The van der Waals surface area contributed by atoms with Crippen molar-refractivity contribution < 1.29 is 28.5 Å². The lowest BCUT2D eigenvalue weighted by Gasteiger charge is -2.27. The Morgan fingerprint density at radius 2 is 1.71 bits per heavy atom. The third-order valence-corrected chi connectivity index (χ3v) is 6.84. The SMILES string of the molecule is CCCCOc1ccc(C2C(C#N)=C(N)Oc3cc(OC(=O)c4cc(Cl)c(OCC)c(Cl)c4)ccc32)cc1OCC. The van der Waals surface area contributed by atoms with Gasteiger partial charge in [-0.3, -0.25) is 0 Å². The highest BCUT2D eigenvalue weighted by molar-refractivity contribution is 6.37. The summed E-state index contributed by atoms with van der Waals surface area (Å²) in [5, 5.41) is 10.3. The van der Waals surface area contributed by atoms with Crippen LogP contribution in [0.25, 0.3) is 0 Å². The number of rotatable bonds is 11. The number of fused-ring (bicyclic) bond motifs is 1. The molecule has 0 saturated carbocycles. The van der Waals surface area contributed by atoms with Gasteiger partial charge in [0.05, 0.1) is 41.3 Å². The van der Waals surface area contributed by atoms with Crippen molar-refractivity contribution in [1.29, 1.82) is 5.26 Å². The number of esters is 1. The van der Waals surface area contributed by atoms with Crippen LogP contribution in [0.2, 0.25) is 10.0 Å². The minimum atomic E-state index is -0.676. The third-order valence-electron chi connectivity index (χ3n) is 6.28. The van der Waals surface area contributed by atoms with E-state index in [-0.39, 0.29) is 32.8 Å². The first kappa shape index (κ1) is 29.9. The summed E-state index contributed by atoms with van der Waals surface area (Å²) in [6.45, 7) is 7.17. The summed E-state index contributed by atoms with van der Waals surface area (Å²) in [5.41, 5.74) is 8.02. The van der Waals surface area contributed by atoms with Gasteiger partial charge in [-0.05, 0) is 56.2 Å². The molecule has 0 fully saturated rings. The van der Waals surface area contributed by atoms with E-state index in [0.29, 0.717) is 48.4 Å². The first-order chi connectivity index (χ1) is 19.8. The maximum absolute atomic E-state index is 12.9. The predicted octanol–water partition coefficient (Wildman–Crippen LogP) is 7.41. The number of carbonyl (C=O) groups excluding carboxylic acids is 1. The number of unbranched alkanes of at least 4 members (excludes halogenated alkanes) is 1. The van der Waals surface area contributed by atoms with E-state index in [1.165, 1.54) is 12.1 Å². The van der Waals surface area contributed by atoms with Crippen LogP contribution in [0, 0.1) is 11.3 Å². The van der Waals surface area contributed by atoms with Crippen LogP contribution in [0.1, 0.15) is 61.0 Å². The van der Waals surface area contributed by atoms with Gasteiger partial charge in [0.2, 0.25) is 5.88 Å². The van der Waals surface area contributed by atoms with Crippen LogP contribution in [0.4, 0.5) is 0 Å². The maximum Gasteiger partial charge on any atom is 0.343 e. The zero-order chi connectivity index (χ0) is 29.5. The lowest BCUT2D eigenvalue weighted by atomic mass is 9.83. The summed E-state index contributed by atoms with van der Waals surface area (Å²) >= 11 is 12.5. The lowest BCUT2D eigenvalue weighted by molar-refractivity contribution is 0.0734. The highest BCUT2D eigenvalue weighted by atomic mass is 35.5. The molecule has 2 N–H and O–H groups in total. The number of benzene rings is 3. The smallest absolute Gasteiger partial charge is 0.343 e. The summed E-state index contributed by atoms with van der Waals surface area (Å²) in [6.07, 6.45) is 1.93. The van der Waals surface area contributed by atoms with Crippen molar-refractivity contribution in [1.82, 2.24) is 0 Å². The molecular weight excluding hydrogens is 567 g/mol. The summed E-state index contributed by atoms with van der Waals surface area (Å²) in [5.74, 6) is 0.791. The Labute approximate surface area is 249 Å². The van der Waals surface area contributed by atoms with Crippen molar-refractivity contribution in [3.63, 3.8) is 0 Å². The highest BCUT2D eigenvalue weighted by Gasteiger charge is 2.32. The Morgan fingerprint density at radius 3 is 2.37 bits per heavy atom. The van der Waals surface area contributed by atoms with E-state index in [0.717, 1.165) is 18.4 Å². The normalized spacial score (nSPS) is 14.0. The largest absolute Gasteiger partial charge is 0.491 e. The number of nitrogens with zero attached hydrogens (tertiary/aromatic N) is 1. The van der Waals surface area contributed by atoms with E-state index < -0.39 is 11.9 Å². The van der Waals surface area contributed by atoms with Crippen molar-refractivity contribution in [2.45, 2.75) is 39.5 Å². The van der Waals surface area contributed by atoms with Crippen LogP contribution in [0.15, 0.2) is 60.0 Å². The van der Waals surface area contributed by atoms with Crippen LogP contribution < -0.4 is 29.4 Å². The van der Waals surface area contributed by atoms with E-state index in [9.17, 15) is 10.1 Å². The molecule has 0 aromatic heterocycles. The molecule has 0 amide bonds. The molecule has 214 valence electrons. The lowest BCUT2D eigenvalue weighted by Crippen LogP contribution is -2.21. The molecule has 0 saturated heterocycles. The highest BCUT2D eigenvalue weighted by Crippen LogP contribution is 2.45. The van der Waals surface area contributed by atoms with Gasteiger partial charge in [0, 0.05) is 11.6 Å². The molecule has 3 aromatic carbocycles. The molecule has 0 aliphatic carbocycles. The van der Waals surface area contributed by atoms with Crippen molar-refractivity contribution in [3.8, 4) is 34.8 Å². The van der Waals surface area contributed by atoms with Crippen molar-refractivity contribution in [2.24, 2.45) is 5.73 Å². The van der Waals surface area contributed by atoms with Crippen molar-refractivity contribution in [2.75, 3.05) is 19.8 Å². The molecule has 3 aromatic rings. The minimum Gasteiger partial charge on any atom is -0.491 e. The molecule has 1 aliphatic heterocycles. The zero-order valence-electron chi connectivity index (χ0n) is 23.0. The summed E-state index contributed by atoms with van der Waals surface area (Å²) in [6, 6.07) is 15.5. The molecule has 4 rings (SSSR count). The van der Waals surface area contributed by atoms with Crippen LogP contribution in [-0.4, -0.2) is 25.8 Å². The molecule has 1 unspecified atom stereocenters. The van der Waals surface area contributed by atoms with Gasteiger partial charge in [0.1, 0.15) is 23.1 Å². The molecule has 41 heavy (non-hydrogen) atoms. The second kappa shape index (κ2) is 13.5. The number of ether oxygens (including phenoxy) is 5. The fourth-order valence-corrected chi connectivity index (χ4v) is 4.98. The van der Waals surface area contributed by atoms with E-state index in [4.69, 9.17) is 52.6 Å². The van der Waals surface area contributed by atoms with Gasteiger partial charge < -0.3 is 29.4 Å². The average Bonchev–Trinajstić information content (AvgIpc) is 2.95. The third kappa shape index (κ3) is 6.64. The molecule has 10 heteroatoms. The standard InChI is InChI=1S/C31H30Cl2N2O6/c1-4-7-12-39-25-11-8-18(15-27(25)37-5-2)28-21-10-9-20(16-26(21)41-30(35)22(28)17-34)40-31(36)19-13-23(32)29(38-6-3)24(33)14-19/h8-11,13-16,28H,4-7,12,35H2,1-3H3. The monoisotopic (exact) mass is 596 g/mol. The summed E-state index contributed by atoms with van der Waals surface area (Å²) in [4.78, 5) is 12.9. The van der Waals surface area contributed by atoms with Crippen LogP contribution in [0.5, 0.6) is 28.7 Å². The van der Waals surface area contributed by atoms with E-state index in [1.54, 1.807) is 25.1 Å². The van der Waals surface area contributed by atoms with Crippen LogP contribution >= 0.6 is 23.2 Å². The Balaban J connectivity index is 1.65. The quantitative estimate of drug-likeness (QED) is 0.138. The van der Waals surface area contributed by atoms with E-state index in [2.05, 4.69) is 13.0 Å². The number of halogens is 2. The molecular formula is C31H30Cl2N2O6. The second-order valence-electron chi connectivity index (χ2n) is 9.06. The minimum absolute atomic E-state index is 0.0419. The topological polar surface area (TPSA) is 113 Å². The Bertz CT molecular complexity index is 1490. The van der Waals surface area contributed by atoms with Gasteiger partial charge in [0.15, 0.2) is 17.2 Å². The van der Waals surface area contributed by atoms with Crippen molar-refractivity contribution in [3.05, 3.63) is 86.7 Å². The zero-order valence-corrected chi connectivity index (χ0v) is 24.5. The van der Waals surface area contributed by atoms with E-state index in [1.807, 2.05) is 25.1 Å². The molecule has 1 aliphatic rings. The number of hydrogen-bond donors (Lipinski definition) is 1. The number of carbonyl (C=O) groups is 1. The van der Waals surface area contributed by atoms with Crippen molar-refractivity contribution >= 4 is 29.2 Å². The van der Waals surface area contributed by atoms with E-state index >= 15 is 0 Å². The Kier molecular flexibility index (Phi) is 9.87. The van der Waals surface area contributed by atoms with Gasteiger partial charge >= 0.3 is 5.97 Å². The molecule has 1 atom stereocenters. The molecule has 0 bridgehead atoms. The number of allylic oxidation sites excluding steroid dienone is 1. The first-order valence-electron chi connectivity index (χ1n) is 13.3. The molecule has 0 spiro atoms. The van der Waals surface area contributed by atoms with Crippen LogP contribution in [-0.2, 0) is 0 Å². The number of nitriles is 1. The molecule has 0 radical (unpaired) electrons. The van der Waals surface area contributed by atoms with Gasteiger partial charge in [-0.1, -0.05) is 48.7 Å². The Morgan fingerprint density at radius 1 is 0.976 bits per heavy atom. The fraction of sp³-hybridized carbons (Fsp3) is 0.290. The average molecular weight is 597 g/mol. The van der Waals surface area contributed by atoms with Gasteiger partial charge in [-0.25, -0.2) is 4.79 Å². The first-order valence-corrected chi connectivity index (χ1v) is 14.0. The molecule has 1 heterocycles. The van der Waals surface area contributed by atoms with Gasteiger partial charge in [-0.15, -0.1) is 0 Å². The van der Waals surface area contributed by atoms with Gasteiger partial charge in [-0.2, -0.15) is 5.26 Å². The number of hydrogen-bond acceptors (Lipinski definition) is 8. The van der Waals surface area contributed by atoms with Crippen LogP contribution in [0.3, 0.4) is 0 Å².